The van der Waals surface area contributed by atoms with E-state index >= 15 is 0 Å². The Hall–Kier alpha value is -6.57. The number of hydrogen-bond donors (Lipinski definition) is 0. The molecule has 10 aromatic rings. The van der Waals surface area contributed by atoms with Gasteiger partial charge in [0.1, 0.15) is 11.2 Å². The fourth-order valence-electron chi connectivity index (χ4n) is 7.54. The summed E-state index contributed by atoms with van der Waals surface area (Å²) in [4.78, 5) is 0. The third-order valence-corrected chi connectivity index (χ3v) is 9.55. The Labute approximate surface area is 269 Å². The molecule has 0 atom stereocenters. The molecule has 10 rings (SSSR count). The quantitative estimate of drug-likeness (QED) is 0.203. The smallest absolute Gasteiger partial charge is 0.137 e. The number of benzene rings is 7. The highest BCUT2D eigenvalue weighted by Gasteiger charge is 2.21. The molecule has 0 aliphatic heterocycles. The van der Waals surface area contributed by atoms with Crippen LogP contribution >= 0.6 is 0 Å². The van der Waals surface area contributed by atoms with E-state index in [9.17, 15) is 5.26 Å². The van der Waals surface area contributed by atoms with Gasteiger partial charge in [0, 0.05) is 49.5 Å². The van der Waals surface area contributed by atoms with Crippen molar-refractivity contribution in [3.05, 3.63) is 157 Å². The molecule has 7 aromatic carbocycles. The maximum absolute atomic E-state index is 9.69. The third kappa shape index (κ3) is 3.63. The largest absolute Gasteiger partial charge is 0.456 e. The fourth-order valence-corrected chi connectivity index (χ4v) is 7.54. The maximum atomic E-state index is 9.69. The number of furan rings is 1. The lowest BCUT2D eigenvalue weighted by atomic mass is 10.0. The minimum Gasteiger partial charge on any atom is -0.456 e. The first-order valence-electron chi connectivity index (χ1n) is 15.8. The second-order valence-corrected chi connectivity index (χ2v) is 12.0. The normalized spacial score (nSPS) is 11.8. The van der Waals surface area contributed by atoms with Gasteiger partial charge in [0.2, 0.25) is 0 Å². The molecule has 0 saturated carbocycles. The Bertz CT molecular complexity index is 2930. The second kappa shape index (κ2) is 9.71. The summed E-state index contributed by atoms with van der Waals surface area (Å²) in [7, 11) is 0. The number of nitriles is 1. The van der Waals surface area contributed by atoms with Crippen LogP contribution in [0.2, 0.25) is 0 Å². The predicted octanol–water partition coefficient (Wildman–Crippen LogP) is 11.3. The monoisotopic (exact) mass is 599 g/mol. The zero-order chi connectivity index (χ0) is 31.1. The van der Waals surface area contributed by atoms with Crippen molar-refractivity contribution in [1.82, 2.24) is 9.13 Å². The molecule has 0 N–H and O–H groups in total. The molecule has 0 spiro atoms. The van der Waals surface area contributed by atoms with Gasteiger partial charge < -0.3 is 13.6 Å². The Balaban J connectivity index is 1.28. The van der Waals surface area contributed by atoms with Crippen molar-refractivity contribution in [2.45, 2.75) is 0 Å². The minimum absolute atomic E-state index is 0.656. The number of hydrogen-bond acceptors (Lipinski definition) is 2. The molecule has 47 heavy (non-hydrogen) atoms. The third-order valence-electron chi connectivity index (χ3n) is 9.55. The van der Waals surface area contributed by atoms with Crippen molar-refractivity contribution in [3.8, 4) is 28.6 Å². The van der Waals surface area contributed by atoms with E-state index in [4.69, 9.17) is 4.42 Å². The molecule has 218 valence electrons. The highest BCUT2D eigenvalue weighted by molar-refractivity contribution is 6.17. The molecule has 0 aliphatic rings. The van der Waals surface area contributed by atoms with E-state index in [2.05, 4.69) is 143 Å². The topological polar surface area (TPSA) is 46.8 Å². The van der Waals surface area contributed by atoms with Crippen molar-refractivity contribution in [3.63, 3.8) is 0 Å². The molecule has 0 saturated heterocycles. The molecule has 0 radical (unpaired) electrons. The van der Waals surface area contributed by atoms with E-state index < -0.39 is 0 Å². The van der Waals surface area contributed by atoms with Gasteiger partial charge in [-0.3, -0.25) is 0 Å². The van der Waals surface area contributed by atoms with Gasteiger partial charge in [0.25, 0.3) is 0 Å². The van der Waals surface area contributed by atoms with Crippen LogP contribution in [0.5, 0.6) is 0 Å². The van der Waals surface area contributed by atoms with Crippen molar-refractivity contribution < 1.29 is 4.42 Å². The van der Waals surface area contributed by atoms with E-state index in [0.717, 1.165) is 77.3 Å². The SMILES string of the molecule is N#Cc1ccc2c(c1)c1ccccc1n2-c1ccccc1-c1ccccc1-n1c2ccccc2c2cc3c(cc21)oc1ccccc13. The van der Waals surface area contributed by atoms with Gasteiger partial charge in [-0.05, 0) is 54.6 Å². The van der Waals surface area contributed by atoms with E-state index in [1.54, 1.807) is 0 Å². The van der Waals surface area contributed by atoms with Crippen LogP contribution in [-0.2, 0) is 0 Å². The van der Waals surface area contributed by atoms with Gasteiger partial charge in [0.05, 0.1) is 45.1 Å². The average Bonchev–Trinajstić information content (AvgIpc) is 3.77. The molecular weight excluding hydrogens is 574 g/mol. The average molecular weight is 600 g/mol. The number of rotatable bonds is 3. The summed E-state index contributed by atoms with van der Waals surface area (Å²) in [6.45, 7) is 0. The molecule has 3 heterocycles. The highest BCUT2D eigenvalue weighted by Crippen LogP contribution is 2.42. The Morgan fingerprint density at radius 3 is 1.62 bits per heavy atom. The molecule has 3 aromatic heterocycles. The second-order valence-electron chi connectivity index (χ2n) is 12.0. The Kier molecular flexibility index (Phi) is 5.32. The summed E-state index contributed by atoms with van der Waals surface area (Å²) in [5.41, 5.74) is 11.3. The molecule has 0 bridgehead atoms. The van der Waals surface area contributed by atoms with Gasteiger partial charge in [-0.25, -0.2) is 0 Å². The number of para-hydroxylation sites is 5. The first kappa shape index (κ1) is 25.7. The summed E-state index contributed by atoms with van der Waals surface area (Å²) in [5.74, 6) is 0. The van der Waals surface area contributed by atoms with Crippen LogP contribution in [0.4, 0.5) is 0 Å². The van der Waals surface area contributed by atoms with Crippen molar-refractivity contribution >= 4 is 65.6 Å². The lowest BCUT2D eigenvalue weighted by molar-refractivity contribution is 0.669. The summed E-state index contributed by atoms with van der Waals surface area (Å²) in [5, 5.41) is 16.5. The first-order chi connectivity index (χ1) is 23.3. The molecular formula is C43H25N3O. The van der Waals surface area contributed by atoms with Crippen LogP contribution in [0.25, 0.3) is 88.1 Å². The van der Waals surface area contributed by atoms with Crippen molar-refractivity contribution in [2.24, 2.45) is 0 Å². The van der Waals surface area contributed by atoms with Gasteiger partial charge in [-0.1, -0.05) is 91.0 Å². The minimum atomic E-state index is 0.656. The van der Waals surface area contributed by atoms with E-state index in [0.29, 0.717) is 5.56 Å². The van der Waals surface area contributed by atoms with Crippen LogP contribution < -0.4 is 0 Å². The van der Waals surface area contributed by atoms with Crippen molar-refractivity contribution in [2.75, 3.05) is 0 Å². The summed E-state index contributed by atoms with van der Waals surface area (Å²) < 4.78 is 11.1. The number of nitrogens with zero attached hydrogens (tertiary/aromatic N) is 3. The van der Waals surface area contributed by atoms with Gasteiger partial charge in [-0.2, -0.15) is 5.26 Å². The van der Waals surface area contributed by atoms with Crippen LogP contribution in [-0.4, -0.2) is 9.13 Å². The molecule has 0 fully saturated rings. The molecule has 4 nitrogen and oxygen atoms in total. The fraction of sp³-hybridized carbons (Fsp3) is 0. The number of aromatic nitrogens is 2. The van der Waals surface area contributed by atoms with Crippen molar-refractivity contribution in [1.29, 1.82) is 5.26 Å². The zero-order valence-corrected chi connectivity index (χ0v) is 25.2. The van der Waals surface area contributed by atoms with E-state index in [-0.39, 0.29) is 0 Å². The van der Waals surface area contributed by atoms with Gasteiger partial charge in [-0.15, -0.1) is 0 Å². The lowest BCUT2D eigenvalue weighted by Gasteiger charge is -2.18. The zero-order valence-electron chi connectivity index (χ0n) is 25.2. The summed E-state index contributed by atoms with van der Waals surface area (Å²) >= 11 is 0. The molecule has 0 unspecified atom stereocenters. The van der Waals surface area contributed by atoms with Gasteiger partial charge in [0.15, 0.2) is 0 Å². The van der Waals surface area contributed by atoms with Crippen LogP contribution in [0, 0.1) is 11.3 Å². The summed E-state index contributed by atoms with van der Waals surface area (Å²) in [6, 6.07) is 55.4. The predicted molar refractivity (Wildman–Crippen MR) is 193 cm³/mol. The highest BCUT2D eigenvalue weighted by atomic mass is 16.3. The van der Waals surface area contributed by atoms with E-state index in [1.165, 1.54) is 10.8 Å². The molecule has 4 heteroatoms. The van der Waals surface area contributed by atoms with Crippen LogP contribution in [0.15, 0.2) is 156 Å². The standard InChI is InChI=1S/C43H25N3O/c44-26-27-21-22-40-33(23-27)30-13-3-8-18-38(30)45(40)36-16-6-1-11-28(36)29-12-2-7-17-37(29)46-39-19-9-4-14-31(39)34-24-35-32-15-5-10-20-42(32)47-43(35)25-41(34)46/h1-25H. The van der Waals surface area contributed by atoms with Gasteiger partial charge >= 0.3 is 0 Å². The van der Waals surface area contributed by atoms with Crippen LogP contribution in [0.3, 0.4) is 0 Å². The lowest BCUT2D eigenvalue weighted by Crippen LogP contribution is -2.01. The molecule has 0 amide bonds. The molecule has 0 aliphatic carbocycles. The van der Waals surface area contributed by atoms with Crippen LogP contribution in [0.1, 0.15) is 5.56 Å². The maximum Gasteiger partial charge on any atom is 0.137 e. The Morgan fingerprint density at radius 2 is 0.936 bits per heavy atom. The first-order valence-corrected chi connectivity index (χ1v) is 15.8. The number of fused-ring (bicyclic) bond motifs is 9. The Morgan fingerprint density at radius 1 is 0.404 bits per heavy atom. The van der Waals surface area contributed by atoms with E-state index in [1.807, 2.05) is 24.3 Å². The summed E-state index contributed by atoms with van der Waals surface area (Å²) in [6.07, 6.45) is 0.